The van der Waals surface area contributed by atoms with Gasteiger partial charge in [-0.05, 0) is 43.0 Å². The van der Waals surface area contributed by atoms with Gasteiger partial charge in [0.2, 0.25) is 0 Å². The summed E-state index contributed by atoms with van der Waals surface area (Å²) in [6.45, 7) is 2.64. The van der Waals surface area contributed by atoms with Gasteiger partial charge in [0, 0.05) is 13.5 Å². The van der Waals surface area contributed by atoms with E-state index in [2.05, 4.69) is 5.32 Å². The molecular formula is C16H25NO4. The molecule has 4 N–H and O–H groups in total. The summed E-state index contributed by atoms with van der Waals surface area (Å²) in [5.74, 6) is 0.386. The summed E-state index contributed by atoms with van der Waals surface area (Å²) in [5, 5.41) is 29.7. The summed E-state index contributed by atoms with van der Waals surface area (Å²) in [5.41, 5.74) is 0.845. The molecule has 0 bridgehead atoms. The van der Waals surface area contributed by atoms with Crippen LogP contribution in [0.2, 0.25) is 0 Å². The fraction of sp³-hybridized carbons (Fsp3) is 0.562. The molecule has 0 spiro atoms. The molecule has 1 saturated carbocycles. The summed E-state index contributed by atoms with van der Waals surface area (Å²) in [6, 6.07) is 6.72. The van der Waals surface area contributed by atoms with Crippen LogP contribution < -0.4 is 5.32 Å². The van der Waals surface area contributed by atoms with Gasteiger partial charge in [0.25, 0.3) is 5.97 Å². The second-order valence-corrected chi connectivity index (χ2v) is 5.42. The molecule has 5 nitrogen and oxygen atoms in total. The molecule has 1 unspecified atom stereocenters. The van der Waals surface area contributed by atoms with Crippen molar-refractivity contribution in [2.24, 2.45) is 5.92 Å². The van der Waals surface area contributed by atoms with Gasteiger partial charge in [-0.1, -0.05) is 25.0 Å². The van der Waals surface area contributed by atoms with Crippen LogP contribution in [0.5, 0.6) is 5.75 Å². The average molecular weight is 295 g/mol. The molecule has 1 aromatic carbocycles. The number of nitrogens with one attached hydrogen (secondary N) is 1. The lowest BCUT2D eigenvalue weighted by Gasteiger charge is -2.12. The van der Waals surface area contributed by atoms with Crippen LogP contribution in [0.3, 0.4) is 0 Å². The Morgan fingerprint density at radius 1 is 1.33 bits per heavy atom. The number of benzene rings is 1. The Labute approximate surface area is 125 Å². The van der Waals surface area contributed by atoms with E-state index in [4.69, 9.17) is 15.0 Å². The first-order valence-electron chi connectivity index (χ1n) is 7.36. The fourth-order valence-electron chi connectivity index (χ4n) is 1.98. The number of carboxylic acids is 1. The van der Waals surface area contributed by atoms with Crippen molar-refractivity contribution >= 4 is 5.97 Å². The lowest BCUT2D eigenvalue weighted by atomic mass is 10.1. The summed E-state index contributed by atoms with van der Waals surface area (Å²) >= 11 is 0. The molecule has 0 amide bonds. The predicted molar refractivity (Wildman–Crippen MR) is 81.2 cm³/mol. The summed E-state index contributed by atoms with van der Waals surface area (Å²) in [4.78, 5) is 9.00. The number of aliphatic hydroxyl groups excluding tert-OH is 1. The number of hydrogen-bond donors (Lipinski definition) is 4. The predicted octanol–water partition coefficient (Wildman–Crippen LogP) is 2.30. The number of rotatable bonds is 7. The average Bonchev–Trinajstić information content (AvgIpc) is 3.22. The van der Waals surface area contributed by atoms with Gasteiger partial charge in [-0.3, -0.25) is 4.79 Å². The molecule has 0 heterocycles. The van der Waals surface area contributed by atoms with Gasteiger partial charge in [-0.25, -0.2) is 0 Å². The van der Waals surface area contributed by atoms with E-state index in [0.717, 1.165) is 24.9 Å². The Morgan fingerprint density at radius 2 is 1.90 bits per heavy atom. The normalized spacial score (nSPS) is 15.0. The lowest BCUT2D eigenvalue weighted by molar-refractivity contribution is -0.134. The van der Waals surface area contributed by atoms with E-state index in [-0.39, 0.29) is 5.75 Å². The van der Waals surface area contributed by atoms with Gasteiger partial charge >= 0.3 is 0 Å². The van der Waals surface area contributed by atoms with Gasteiger partial charge < -0.3 is 20.6 Å². The molecule has 0 aliphatic heterocycles. The van der Waals surface area contributed by atoms with Gasteiger partial charge in [-0.15, -0.1) is 0 Å². The van der Waals surface area contributed by atoms with Gasteiger partial charge in [0.05, 0.1) is 6.10 Å². The first kappa shape index (κ1) is 17.5. The lowest BCUT2D eigenvalue weighted by Crippen LogP contribution is -2.22. The Morgan fingerprint density at radius 3 is 2.43 bits per heavy atom. The van der Waals surface area contributed by atoms with Crippen molar-refractivity contribution < 1.29 is 20.1 Å². The van der Waals surface area contributed by atoms with Crippen molar-refractivity contribution in [1.29, 1.82) is 0 Å². The Hall–Kier alpha value is -1.59. The number of aliphatic hydroxyl groups is 1. The number of aliphatic carboxylic acids is 1. The Kier molecular flexibility index (Phi) is 7.79. The van der Waals surface area contributed by atoms with Crippen molar-refractivity contribution in [3.8, 4) is 5.75 Å². The third kappa shape index (κ3) is 9.05. The fourth-order valence-corrected chi connectivity index (χ4v) is 1.98. The molecule has 5 heteroatoms. The third-order valence-electron chi connectivity index (χ3n) is 3.28. The van der Waals surface area contributed by atoms with Crippen LogP contribution in [0, 0.1) is 5.92 Å². The smallest absolute Gasteiger partial charge is 0.300 e. The van der Waals surface area contributed by atoms with Gasteiger partial charge in [-0.2, -0.15) is 0 Å². The molecule has 0 radical (unpaired) electrons. The van der Waals surface area contributed by atoms with E-state index < -0.39 is 12.1 Å². The first-order valence-corrected chi connectivity index (χ1v) is 7.36. The summed E-state index contributed by atoms with van der Waals surface area (Å²) < 4.78 is 0. The highest BCUT2D eigenvalue weighted by Crippen LogP contribution is 2.33. The number of aromatic hydroxyl groups is 1. The van der Waals surface area contributed by atoms with E-state index >= 15 is 0 Å². The van der Waals surface area contributed by atoms with Crippen LogP contribution in [-0.4, -0.2) is 34.4 Å². The van der Waals surface area contributed by atoms with E-state index in [1.165, 1.54) is 25.7 Å². The minimum absolute atomic E-state index is 0.235. The third-order valence-corrected chi connectivity index (χ3v) is 3.28. The highest BCUT2D eigenvalue weighted by Gasteiger charge is 2.19. The van der Waals surface area contributed by atoms with Crippen molar-refractivity contribution in [1.82, 2.24) is 5.32 Å². The molecule has 1 aliphatic carbocycles. The zero-order chi connectivity index (χ0) is 15.7. The highest BCUT2D eigenvalue weighted by molar-refractivity contribution is 5.62. The molecular weight excluding hydrogens is 270 g/mol. The minimum Gasteiger partial charge on any atom is -0.508 e. The minimum atomic E-state index is -0.833. The van der Waals surface area contributed by atoms with Gasteiger partial charge in [0.1, 0.15) is 5.75 Å². The van der Waals surface area contributed by atoms with Crippen LogP contribution in [-0.2, 0) is 4.79 Å². The molecule has 1 atom stereocenters. The van der Waals surface area contributed by atoms with Crippen LogP contribution in [0.15, 0.2) is 24.3 Å². The Bertz CT molecular complexity index is 411. The SMILES string of the molecule is CC(=O)O.Oc1ccc(C(O)CNCCCC2CC2)cc1. The number of phenols is 1. The van der Waals surface area contributed by atoms with Crippen molar-refractivity contribution in [2.75, 3.05) is 13.1 Å². The maximum Gasteiger partial charge on any atom is 0.300 e. The van der Waals surface area contributed by atoms with Crippen molar-refractivity contribution in [2.45, 2.75) is 38.7 Å². The topological polar surface area (TPSA) is 89.8 Å². The number of carboxylic acid groups (broad SMARTS) is 1. The molecule has 1 aromatic rings. The standard InChI is InChI=1S/C14H21NO2.C2H4O2/c16-13-7-5-12(6-8-13)14(17)10-15-9-1-2-11-3-4-11;1-2(3)4/h5-8,11,14-17H,1-4,9-10H2;1H3,(H,3,4). The second-order valence-electron chi connectivity index (χ2n) is 5.42. The molecule has 118 valence electrons. The first-order chi connectivity index (χ1) is 9.99. The highest BCUT2D eigenvalue weighted by atomic mass is 16.4. The number of hydrogen-bond acceptors (Lipinski definition) is 4. The number of phenolic OH excluding ortho intramolecular Hbond substituents is 1. The Balaban J connectivity index is 0.000000491. The molecule has 21 heavy (non-hydrogen) atoms. The molecule has 1 fully saturated rings. The molecule has 0 aromatic heterocycles. The molecule has 1 aliphatic rings. The largest absolute Gasteiger partial charge is 0.508 e. The molecule has 0 saturated heterocycles. The van der Waals surface area contributed by atoms with Crippen LogP contribution in [0.1, 0.15) is 44.3 Å². The van der Waals surface area contributed by atoms with E-state index in [9.17, 15) is 5.11 Å². The van der Waals surface area contributed by atoms with E-state index in [1.807, 2.05) is 0 Å². The maximum atomic E-state index is 9.89. The van der Waals surface area contributed by atoms with Gasteiger partial charge in [0.15, 0.2) is 0 Å². The summed E-state index contributed by atoms with van der Waals surface area (Å²) in [6.07, 6.45) is 4.86. The van der Waals surface area contributed by atoms with E-state index in [0.29, 0.717) is 6.54 Å². The zero-order valence-corrected chi connectivity index (χ0v) is 12.5. The molecule has 2 rings (SSSR count). The van der Waals surface area contributed by atoms with Crippen LogP contribution in [0.25, 0.3) is 0 Å². The zero-order valence-electron chi connectivity index (χ0n) is 12.5. The van der Waals surface area contributed by atoms with Crippen LogP contribution >= 0.6 is 0 Å². The number of carbonyl (C=O) groups is 1. The van der Waals surface area contributed by atoms with Crippen molar-refractivity contribution in [3.63, 3.8) is 0 Å². The van der Waals surface area contributed by atoms with Crippen LogP contribution in [0.4, 0.5) is 0 Å². The second kappa shape index (κ2) is 9.37. The quantitative estimate of drug-likeness (QED) is 0.580. The van der Waals surface area contributed by atoms with E-state index in [1.54, 1.807) is 24.3 Å². The van der Waals surface area contributed by atoms with Crippen molar-refractivity contribution in [3.05, 3.63) is 29.8 Å². The maximum absolute atomic E-state index is 9.89. The summed E-state index contributed by atoms with van der Waals surface area (Å²) in [7, 11) is 0. The monoisotopic (exact) mass is 295 g/mol.